The molecule has 0 aliphatic carbocycles. The van der Waals surface area contributed by atoms with E-state index in [1.54, 1.807) is 24.3 Å². The maximum absolute atomic E-state index is 11.9. The average molecular weight is 265 g/mol. The number of ether oxygens (including phenoxy) is 1. The number of hydrogen-bond acceptors (Lipinski definition) is 4. The first-order valence-corrected chi connectivity index (χ1v) is 6.05. The van der Waals surface area contributed by atoms with Gasteiger partial charge in [0.2, 0.25) is 5.91 Å². The monoisotopic (exact) mass is 265 g/mol. The number of hydrogen-bond donors (Lipinski definition) is 3. The maximum atomic E-state index is 11.9. The second-order valence-electron chi connectivity index (χ2n) is 3.88. The molecule has 0 radical (unpaired) electrons. The highest BCUT2D eigenvalue weighted by Crippen LogP contribution is 2.15. The van der Waals surface area contributed by atoms with Crippen molar-refractivity contribution in [1.82, 2.24) is 5.32 Å². The predicted octanol–water partition coefficient (Wildman–Crippen LogP) is 0.350. The number of methoxy groups -OCH3 is 1. The van der Waals surface area contributed by atoms with Gasteiger partial charge in [0, 0.05) is 20.2 Å². The first kappa shape index (κ1) is 15.1. The van der Waals surface area contributed by atoms with E-state index in [4.69, 9.17) is 10.5 Å². The third-order valence-electron chi connectivity index (χ3n) is 2.41. The van der Waals surface area contributed by atoms with E-state index in [2.05, 4.69) is 10.6 Å². The van der Waals surface area contributed by atoms with Crippen LogP contribution in [0.2, 0.25) is 0 Å². The molecule has 0 bridgehead atoms. The Bertz CT molecular complexity index is 435. The SMILES string of the molecule is COCCC(=O)Nc1ccccc1C(=O)NCCN. The van der Waals surface area contributed by atoms with Gasteiger partial charge in [-0.1, -0.05) is 12.1 Å². The molecular weight excluding hydrogens is 246 g/mol. The van der Waals surface area contributed by atoms with Gasteiger partial charge in [0.1, 0.15) is 0 Å². The Morgan fingerprint density at radius 1 is 1.32 bits per heavy atom. The first-order valence-electron chi connectivity index (χ1n) is 6.05. The zero-order valence-electron chi connectivity index (χ0n) is 10.9. The van der Waals surface area contributed by atoms with E-state index in [1.807, 2.05) is 0 Å². The zero-order valence-corrected chi connectivity index (χ0v) is 10.9. The molecule has 6 nitrogen and oxygen atoms in total. The summed E-state index contributed by atoms with van der Waals surface area (Å²) in [6.07, 6.45) is 0.245. The number of carbonyl (C=O) groups excluding carboxylic acids is 2. The summed E-state index contributed by atoms with van der Waals surface area (Å²) in [5, 5.41) is 5.36. The van der Waals surface area contributed by atoms with Crippen LogP contribution >= 0.6 is 0 Å². The fourth-order valence-corrected chi connectivity index (χ4v) is 1.48. The van der Waals surface area contributed by atoms with Gasteiger partial charge in [0.15, 0.2) is 0 Å². The number of anilines is 1. The van der Waals surface area contributed by atoms with Crippen molar-refractivity contribution in [3.8, 4) is 0 Å². The van der Waals surface area contributed by atoms with Crippen LogP contribution in [0, 0.1) is 0 Å². The van der Waals surface area contributed by atoms with Gasteiger partial charge < -0.3 is 21.1 Å². The minimum atomic E-state index is -0.256. The van der Waals surface area contributed by atoms with Crippen LogP contribution in [0.5, 0.6) is 0 Å². The number of benzene rings is 1. The van der Waals surface area contributed by atoms with E-state index in [0.29, 0.717) is 30.9 Å². The minimum Gasteiger partial charge on any atom is -0.384 e. The van der Waals surface area contributed by atoms with Gasteiger partial charge in [-0.05, 0) is 12.1 Å². The van der Waals surface area contributed by atoms with Crippen molar-refractivity contribution in [2.24, 2.45) is 5.73 Å². The lowest BCUT2D eigenvalue weighted by atomic mass is 10.1. The fraction of sp³-hybridized carbons (Fsp3) is 0.385. The van der Waals surface area contributed by atoms with Gasteiger partial charge >= 0.3 is 0 Å². The highest BCUT2D eigenvalue weighted by Gasteiger charge is 2.12. The van der Waals surface area contributed by atoms with Crippen molar-refractivity contribution < 1.29 is 14.3 Å². The Morgan fingerprint density at radius 3 is 2.74 bits per heavy atom. The van der Waals surface area contributed by atoms with Crippen LogP contribution in [-0.4, -0.2) is 38.6 Å². The summed E-state index contributed by atoms with van der Waals surface area (Å²) in [4.78, 5) is 23.5. The van der Waals surface area contributed by atoms with Gasteiger partial charge in [0.05, 0.1) is 24.3 Å². The van der Waals surface area contributed by atoms with E-state index in [0.717, 1.165) is 0 Å². The second-order valence-corrected chi connectivity index (χ2v) is 3.88. The molecule has 0 atom stereocenters. The number of amides is 2. The Kier molecular flexibility index (Phi) is 6.56. The Labute approximate surface area is 112 Å². The van der Waals surface area contributed by atoms with E-state index >= 15 is 0 Å². The largest absolute Gasteiger partial charge is 0.384 e. The number of para-hydroxylation sites is 1. The van der Waals surface area contributed by atoms with Gasteiger partial charge in [0.25, 0.3) is 5.91 Å². The number of nitrogens with two attached hydrogens (primary N) is 1. The molecule has 104 valence electrons. The second kappa shape index (κ2) is 8.23. The van der Waals surface area contributed by atoms with Crippen LogP contribution in [-0.2, 0) is 9.53 Å². The quantitative estimate of drug-likeness (QED) is 0.663. The van der Waals surface area contributed by atoms with Gasteiger partial charge in [-0.15, -0.1) is 0 Å². The van der Waals surface area contributed by atoms with Crippen molar-refractivity contribution in [3.63, 3.8) is 0 Å². The van der Waals surface area contributed by atoms with Crippen molar-refractivity contribution in [2.75, 3.05) is 32.1 Å². The van der Waals surface area contributed by atoms with Gasteiger partial charge in [-0.2, -0.15) is 0 Å². The molecule has 1 rings (SSSR count). The molecule has 0 saturated heterocycles. The molecule has 1 aromatic rings. The molecule has 1 aromatic carbocycles. The zero-order chi connectivity index (χ0) is 14.1. The molecule has 2 amide bonds. The van der Waals surface area contributed by atoms with Crippen molar-refractivity contribution in [1.29, 1.82) is 0 Å². The van der Waals surface area contributed by atoms with E-state index in [-0.39, 0.29) is 18.2 Å². The molecule has 19 heavy (non-hydrogen) atoms. The lowest BCUT2D eigenvalue weighted by Gasteiger charge is -2.10. The van der Waals surface area contributed by atoms with Gasteiger partial charge in [-0.25, -0.2) is 0 Å². The lowest BCUT2D eigenvalue weighted by Crippen LogP contribution is -2.30. The smallest absolute Gasteiger partial charge is 0.253 e. The number of carbonyl (C=O) groups is 2. The molecule has 0 unspecified atom stereocenters. The van der Waals surface area contributed by atoms with Gasteiger partial charge in [-0.3, -0.25) is 9.59 Å². The highest BCUT2D eigenvalue weighted by atomic mass is 16.5. The summed E-state index contributed by atoms with van der Waals surface area (Å²) in [6, 6.07) is 6.83. The first-order chi connectivity index (χ1) is 9.19. The third kappa shape index (κ3) is 5.07. The fourth-order valence-electron chi connectivity index (χ4n) is 1.48. The normalized spacial score (nSPS) is 10.0. The van der Waals surface area contributed by atoms with Crippen molar-refractivity contribution in [2.45, 2.75) is 6.42 Å². The lowest BCUT2D eigenvalue weighted by molar-refractivity contribution is -0.117. The predicted molar refractivity (Wildman–Crippen MR) is 73.0 cm³/mol. The number of nitrogens with one attached hydrogen (secondary N) is 2. The Balaban J connectivity index is 2.72. The van der Waals surface area contributed by atoms with Crippen LogP contribution in [0.4, 0.5) is 5.69 Å². The Morgan fingerprint density at radius 2 is 2.05 bits per heavy atom. The summed E-state index contributed by atoms with van der Waals surface area (Å²) >= 11 is 0. The Hall–Kier alpha value is -1.92. The maximum Gasteiger partial charge on any atom is 0.253 e. The molecule has 0 saturated carbocycles. The molecule has 0 aliphatic heterocycles. The number of rotatable bonds is 7. The summed E-state index contributed by atoms with van der Waals surface area (Å²) in [7, 11) is 1.53. The van der Waals surface area contributed by atoms with Crippen molar-refractivity contribution in [3.05, 3.63) is 29.8 Å². The van der Waals surface area contributed by atoms with Crippen LogP contribution in [0.1, 0.15) is 16.8 Å². The summed E-state index contributed by atoms with van der Waals surface area (Å²) in [6.45, 7) is 1.10. The van der Waals surface area contributed by atoms with Crippen molar-refractivity contribution >= 4 is 17.5 Å². The third-order valence-corrected chi connectivity index (χ3v) is 2.41. The average Bonchev–Trinajstić information content (AvgIpc) is 2.43. The van der Waals surface area contributed by atoms with Crippen LogP contribution in [0.15, 0.2) is 24.3 Å². The van der Waals surface area contributed by atoms with E-state index in [9.17, 15) is 9.59 Å². The molecular formula is C13H19N3O3. The standard InChI is InChI=1S/C13H19N3O3/c1-19-9-6-12(17)16-11-5-3-2-4-10(11)13(18)15-8-7-14/h2-5H,6-9,14H2,1H3,(H,15,18)(H,16,17). The van der Waals surface area contributed by atoms with E-state index in [1.165, 1.54) is 7.11 Å². The van der Waals surface area contributed by atoms with Crippen LogP contribution < -0.4 is 16.4 Å². The minimum absolute atomic E-state index is 0.194. The molecule has 0 aromatic heterocycles. The molecule has 0 fully saturated rings. The summed E-state index contributed by atoms with van der Waals surface area (Å²) in [5.41, 5.74) is 6.23. The molecule has 6 heteroatoms. The van der Waals surface area contributed by atoms with Crippen LogP contribution in [0.25, 0.3) is 0 Å². The highest BCUT2D eigenvalue weighted by molar-refractivity contribution is 6.03. The molecule has 0 aliphatic rings. The molecule has 4 N–H and O–H groups in total. The topological polar surface area (TPSA) is 93.4 Å². The molecule has 0 heterocycles. The molecule has 0 spiro atoms. The van der Waals surface area contributed by atoms with E-state index < -0.39 is 0 Å². The van der Waals surface area contributed by atoms with Crippen LogP contribution in [0.3, 0.4) is 0 Å². The summed E-state index contributed by atoms with van der Waals surface area (Å²) < 4.78 is 4.83. The summed E-state index contributed by atoms with van der Waals surface area (Å²) in [5.74, 6) is -0.450.